The summed E-state index contributed by atoms with van der Waals surface area (Å²) in [7, 11) is 0. The molecule has 1 aliphatic carbocycles. The maximum atomic E-state index is 11.9. The standard InChI is InChI=1S/C17H18N4O3S/c22-15(10-18-16(23)14-2-1-9-25-14)19-11-3-5-12(6-4-11)20-17(24)21-13-7-8-13/h1-6,9,13H,7-8,10H2,(H,18,23)(H,19,22)(H2,20,21,24). The Bertz CT molecular complexity index is 755. The summed E-state index contributed by atoms with van der Waals surface area (Å²) < 4.78 is 0. The predicted molar refractivity (Wildman–Crippen MR) is 96.9 cm³/mol. The van der Waals surface area contributed by atoms with Crippen molar-refractivity contribution in [2.45, 2.75) is 18.9 Å². The van der Waals surface area contributed by atoms with E-state index in [-0.39, 0.29) is 24.4 Å². The van der Waals surface area contributed by atoms with Crippen LogP contribution in [-0.2, 0) is 4.79 Å². The molecule has 0 bridgehead atoms. The average molecular weight is 358 g/mol. The maximum Gasteiger partial charge on any atom is 0.319 e. The Hall–Kier alpha value is -2.87. The fraction of sp³-hybridized carbons (Fsp3) is 0.235. The van der Waals surface area contributed by atoms with Gasteiger partial charge in [0.05, 0.1) is 11.4 Å². The van der Waals surface area contributed by atoms with E-state index in [2.05, 4.69) is 21.3 Å². The number of carbonyl (C=O) groups excluding carboxylic acids is 3. The number of thiophene rings is 1. The second-order valence-corrected chi connectivity index (χ2v) is 6.61. The summed E-state index contributed by atoms with van der Waals surface area (Å²) in [6.07, 6.45) is 2.06. The van der Waals surface area contributed by atoms with Crippen LogP contribution in [0.5, 0.6) is 0 Å². The van der Waals surface area contributed by atoms with E-state index >= 15 is 0 Å². The van der Waals surface area contributed by atoms with Crippen molar-refractivity contribution < 1.29 is 14.4 Å². The first-order valence-electron chi connectivity index (χ1n) is 7.89. The molecule has 4 N–H and O–H groups in total. The van der Waals surface area contributed by atoms with Crippen molar-refractivity contribution >= 4 is 40.6 Å². The Kier molecular flexibility index (Phi) is 5.30. The van der Waals surface area contributed by atoms with Gasteiger partial charge in [0.25, 0.3) is 5.91 Å². The summed E-state index contributed by atoms with van der Waals surface area (Å²) in [5.41, 5.74) is 1.23. The van der Waals surface area contributed by atoms with Crippen LogP contribution in [0.15, 0.2) is 41.8 Å². The van der Waals surface area contributed by atoms with Gasteiger partial charge in [0.15, 0.2) is 0 Å². The molecular formula is C17H18N4O3S. The Morgan fingerprint density at radius 1 is 1.00 bits per heavy atom. The molecule has 130 valence electrons. The zero-order valence-corrected chi connectivity index (χ0v) is 14.2. The van der Waals surface area contributed by atoms with Crippen molar-refractivity contribution in [3.63, 3.8) is 0 Å². The molecule has 1 aromatic carbocycles. The minimum Gasteiger partial charge on any atom is -0.342 e. The lowest BCUT2D eigenvalue weighted by Crippen LogP contribution is -2.32. The minimum atomic E-state index is -0.322. The SMILES string of the molecule is O=C(CNC(=O)c1cccs1)Nc1ccc(NC(=O)NC2CC2)cc1. The minimum absolute atomic E-state index is 0.111. The molecule has 1 saturated carbocycles. The summed E-state index contributed by atoms with van der Waals surface area (Å²) in [6.45, 7) is -0.111. The third kappa shape index (κ3) is 5.32. The highest BCUT2D eigenvalue weighted by Gasteiger charge is 2.23. The average Bonchev–Trinajstić information content (AvgIpc) is 3.23. The largest absolute Gasteiger partial charge is 0.342 e. The van der Waals surface area contributed by atoms with Crippen LogP contribution in [0.2, 0.25) is 0 Å². The van der Waals surface area contributed by atoms with Gasteiger partial charge < -0.3 is 21.3 Å². The van der Waals surface area contributed by atoms with Gasteiger partial charge in [-0.15, -0.1) is 11.3 Å². The predicted octanol–water partition coefficient (Wildman–Crippen LogP) is 2.40. The van der Waals surface area contributed by atoms with E-state index < -0.39 is 0 Å². The molecule has 0 spiro atoms. The summed E-state index contributed by atoms with van der Waals surface area (Å²) in [4.78, 5) is 35.8. The summed E-state index contributed by atoms with van der Waals surface area (Å²) in [5.74, 6) is -0.594. The van der Waals surface area contributed by atoms with Crippen LogP contribution in [0.4, 0.5) is 16.2 Å². The number of amides is 4. The highest BCUT2D eigenvalue weighted by Crippen LogP contribution is 2.19. The topological polar surface area (TPSA) is 99.3 Å². The van der Waals surface area contributed by atoms with Crippen molar-refractivity contribution in [3.8, 4) is 0 Å². The van der Waals surface area contributed by atoms with Gasteiger partial charge in [0.2, 0.25) is 5.91 Å². The van der Waals surface area contributed by atoms with Gasteiger partial charge in [-0.05, 0) is 48.6 Å². The van der Waals surface area contributed by atoms with Gasteiger partial charge in [0, 0.05) is 17.4 Å². The van der Waals surface area contributed by atoms with Crippen LogP contribution in [0.3, 0.4) is 0 Å². The van der Waals surface area contributed by atoms with Crippen LogP contribution >= 0.6 is 11.3 Å². The van der Waals surface area contributed by atoms with Gasteiger partial charge in [0.1, 0.15) is 0 Å². The molecule has 7 nitrogen and oxygen atoms in total. The van der Waals surface area contributed by atoms with Crippen LogP contribution in [0, 0.1) is 0 Å². The van der Waals surface area contributed by atoms with Crippen molar-refractivity contribution in [3.05, 3.63) is 46.7 Å². The molecule has 1 aliphatic rings. The van der Waals surface area contributed by atoms with Gasteiger partial charge in [-0.3, -0.25) is 9.59 Å². The molecule has 0 saturated heterocycles. The number of benzene rings is 1. The van der Waals surface area contributed by atoms with Crippen LogP contribution in [-0.4, -0.2) is 30.4 Å². The monoisotopic (exact) mass is 358 g/mol. The molecule has 0 atom stereocenters. The fourth-order valence-corrected chi connectivity index (χ4v) is 2.72. The van der Waals surface area contributed by atoms with Crippen molar-refractivity contribution in [1.29, 1.82) is 0 Å². The molecule has 0 aliphatic heterocycles. The highest BCUT2D eigenvalue weighted by atomic mass is 32.1. The van der Waals surface area contributed by atoms with Crippen LogP contribution in [0.1, 0.15) is 22.5 Å². The number of urea groups is 1. The van der Waals surface area contributed by atoms with Crippen molar-refractivity contribution in [2.75, 3.05) is 17.2 Å². The third-order valence-electron chi connectivity index (χ3n) is 3.49. The molecule has 1 aromatic heterocycles. The van der Waals surface area contributed by atoms with E-state index in [1.54, 1.807) is 41.8 Å². The lowest BCUT2D eigenvalue weighted by atomic mass is 10.3. The third-order valence-corrected chi connectivity index (χ3v) is 4.36. The van der Waals surface area contributed by atoms with E-state index in [9.17, 15) is 14.4 Å². The number of carbonyl (C=O) groups is 3. The molecule has 25 heavy (non-hydrogen) atoms. The fourth-order valence-electron chi connectivity index (χ4n) is 2.08. The first-order chi connectivity index (χ1) is 12.1. The zero-order valence-electron chi connectivity index (χ0n) is 13.4. The number of rotatable bonds is 6. The second-order valence-electron chi connectivity index (χ2n) is 5.66. The van der Waals surface area contributed by atoms with Crippen molar-refractivity contribution in [1.82, 2.24) is 10.6 Å². The molecule has 2 aromatic rings. The lowest BCUT2D eigenvalue weighted by molar-refractivity contribution is -0.115. The Morgan fingerprint density at radius 3 is 2.28 bits per heavy atom. The Balaban J connectivity index is 1.43. The van der Waals surface area contributed by atoms with E-state index in [0.29, 0.717) is 22.3 Å². The molecule has 0 radical (unpaired) electrons. The van der Waals surface area contributed by atoms with E-state index in [4.69, 9.17) is 0 Å². The number of nitrogens with one attached hydrogen (secondary N) is 4. The Labute approximate surface area is 148 Å². The first kappa shape index (κ1) is 17.0. The molecule has 4 amide bonds. The number of anilines is 2. The molecular weight excluding hydrogens is 340 g/mol. The number of hydrogen-bond donors (Lipinski definition) is 4. The molecule has 8 heteroatoms. The van der Waals surface area contributed by atoms with Crippen LogP contribution in [0.25, 0.3) is 0 Å². The molecule has 1 heterocycles. The van der Waals surface area contributed by atoms with Gasteiger partial charge in [-0.25, -0.2) is 4.79 Å². The van der Waals surface area contributed by atoms with Gasteiger partial charge in [-0.1, -0.05) is 6.07 Å². The smallest absolute Gasteiger partial charge is 0.319 e. The molecule has 0 unspecified atom stereocenters. The normalized spacial score (nSPS) is 13.0. The van der Waals surface area contributed by atoms with E-state index in [1.165, 1.54) is 11.3 Å². The summed E-state index contributed by atoms with van der Waals surface area (Å²) in [6, 6.07) is 10.3. The van der Waals surface area contributed by atoms with Crippen molar-refractivity contribution in [2.24, 2.45) is 0 Å². The van der Waals surface area contributed by atoms with E-state index in [1.807, 2.05) is 0 Å². The summed E-state index contributed by atoms with van der Waals surface area (Å²) in [5, 5.41) is 12.6. The Morgan fingerprint density at radius 2 is 1.68 bits per heavy atom. The summed E-state index contributed by atoms with van der Waals surface area (Å²) >= 11 is 1.32. The zero-order chi connectivity index (χ0) is 17.6. The number of hydrogen-bond acceptors (Lipinski definition) is 4. The molecule has 1 fully saturated rings. The quantitative estimate of drug-likeness (QED) is 0.638. The molecule has 3 rings (SSSR count). The highest BCUT2D eigenvalue weighted by molar-refractivity contribution is 7.12. The lowest BCUT2D eigenvalue weighted by Gasteiger charge is -2.09. The van der Waals surface area contributed by atoms with E-state index in [0.717, 1.165) is 12.8 Å². The van der Waals surface area contributed by atoms with Gasteiger partial charge in [-0.2, -0.15) is 0 Å². The van der Waals surface area contributed by atoms with Crippen LogP contribution < -0.4 is 21.3 Å². The second kappa shape index (κ2) is 7.80. The van der Waals surface area contributed by atoms with Gasteiger partial charge >= 0.3 is 6.03 Å². The first-order valence-corrected chi connectivity index (χ1v) is 8.77. The maximum absolute atomic E-state index is 11.9.